The lowest BCUT2D eigenvalue weighted by Crippen LogP contribution is -2.41. The molecule has 0 saturated carbocycles. The van der Waals surface area contributed by atoms with Crippen molar-refractivity contribution in [3.05, 3.63) is 88.9 Å². The fraction of sp³-hybridized carbons (Fsp3) is 0.208. The lowest BCUT2D eigenvalue weighted by molar-refractivity contribution is 0.0729. The van der Waals surface area contributed by atoms with Crippen molar-refractivity contribution in [3.8, 4) is 11.5 Å². The van der Waals surface area contributed by atoms with Crippen LogP contribution in [0.4, 0.5) is 5.69 Å². The fourth-order valence-electron chi connectivity index (χ4n) is 3.38. The van der Waals surface area contributed by atoms with Gasteiger partial charge in [0.15, 0.2) is 5.75 Å². The topological polar surface area (TPSA) is 84.9 Å². The number of hydrogen-bond acceptors (Lipinski definition) is 5. The minimum absolute atomic E-state index is 0.127. The highest BCUT2D eigenvalue weighted by Gasteiger charge is 2.24. The SMILES string of the molecule is O=C(Nc1cc(Cl)ccc1Oc1ccccc1)c1ccc(CS(=O)(=O)N2CCOCC2)cc1. The molecular formula is C24H23ClN2O5S. The van der Waals surface area contributed by atoms with E-state index in [0.717, 1.165) is 0 Å². The summed E-state index contributed by atoms with van der Waals surface area (Å²) in [5.41, 5.74) is 1.41. The number of carbonyl (C=O) groups is 1. The van der Waals surface area contributed by atoms with E-state index in [4.69, 9.17) is 21.1 Å². The number of ether oxygens (including phenoxy) is 2. The Bertz CT molecular complexity index is 1210. The first-order chi connectivity index (χ1) is 15.9. The van der Waals surface area contributed by atoms with Gasteiger partial charge in [-0.25, -0.2) is 8.42 Å². The van der Waals surface area contributed by atoms with Crippen molar-refractivity contribution < 1.29 is 22.7 Å². The van der Waals surface area contributed by atoms with Gasteiger partial charge in [0.1, 0.15) is 5.75 Å². The van der Waals surface area contributed by atoms with Gasteiger partial charge in [0.05, 0.1) is 24.7 Å². The third-order valence-electron chi connectivity index (χ3n) is 5.09. The van der Waals surface area contributed by atoms with Crippen LogP contribution in [0.1, 0.15) is 15.9 Å². The molecule has 0 aromatic heterocycles. The molecule has 1 fully saturated rings. The second-order valence-corrected chi connectivity index (χ2v) is 9.88. The van der Waals surface area contributed by atoms with E-state index in [9.17, 15) is 13.2 Å². The van der Waals surface area contributed by atoms with E-state index in [1.54, 1.807) is 42.5 Å². The van der Waals surface area contributed by atoms with E-state index in [1.807, 2.05) is 30.3 Å². The van der Waals surface area contributed by atoms with Gasteiger partial charge >= 0.3 is 0 Å². The molecule has 0 spiro atoms. The summed E-state index contributed by atoms with van der Waals surface area (Å²) in [4.78, 5) is 12.8. The minimum Gasteiger partial charge on any atom is -0.455 e. The molecule has 1 saturated heterocycles. The molecule has 0 bridgehead atoms. The number of anilines is 1. The molecule has 0 radical (unpaired) electrons. The van der Waals surface area contributed by atoms with Gasteiger partial charge in [-0.1, -0.05) is 41.9 Å². The molecule has 0 atom stereocenters. The lowest BCUT2D eigenvalue weighted by Gasteiger charge is -2.26. The summed E-state index contributed by atoms with van der Waals surface area (Å²) >= 11 is 6.12. The van der Waals surface area contributed by atoms with Crippen LogP contribution in [0.5, 0.6) is 11.5 Å². The van der Waals surface area contributed by atoms with Crippen LogP contribution in [0.25, 0.3) is 0 Å². The largest absolute Gasteiger partial charge is 0.455 e. The molecule has 172 valence electrons. The molecule has 1 aliphatic heterocycles. The molecule has 0 unspecified atom stereocenters. The maximum absolute atomic E-state index is 12.8. The zero-order chi connectivity index (χ0) is 23.3. The van der Waals surface area contributed by atoms with Gasteiger partial charge in [0.25, 0.3) is 5.91 Å². The van der Waals surface area contributed by atoms with Gasteiger partial charge in [-0.05, 0) is 48.0 Å². The van der Waals surface area contributed by atoms with Crippen LogP contribution in [0, 0.1) is 0 Å². The Morgan fingerprint density at radius 1 is 1.00 bits per heavy atom. The van der Waals surface area contributed by atoms with Crippen molar-refractivity contribution in [1.29, 1.82) is 0 Å². The summed E-state index contributed by atoms with van der Waals surface area (Å²) in [7, 11) is -3.44. The van der Waals surface area contributed by atoms with Crippen molar-refractivity contribution in [2.75, 3.05) is 31.6 Å². The molecule has 1 N–H and O–H groups in total. The second kappa shape index (κ2) is 10.4. The normalized spacial score (nSPS) is 14.6. The average Bonchev–Trinajstić information content (AvgIpc) is 2.82. The predicted molar refractivity (Wildman–Crippen MR) is 127 cm³/mol. The number of benzene rings is 3. The predicted octanol–water partition coefficient (Wildman–Crippen LogP) is 4.55. The molecule has 3 aromatic rings. The number of carbonyl (C=O) groups excluding carboxylic acids is 1. The summed E-state index contributed by atoms with van der Waals surface area (Å²) in [6, 6.07) is 20.7. The average molecular weight is 487 g/mol. The number of para-hydroxylation sites is 1. The lowest BCUT2D eigenvalue weighted by atomic mass is 10.1. The Hall–Kier alpha value is -2.91. The number of morpholine rings is 1. The van der Waals surface area contributed by atoms with Crippen LogP contribution in [-0.2, 0) is 20.5 Å². The third-order valence-corrected chi connectivity index (χ3v) is 7.17. The monoisotopic (exact) mass is 486 g/mol. The quantitative estimate of drug-likeness (QED) is 0.529. The second-order valence-electron chi connectivity index (χ2n) is 7.47. The molecule has 9 heteroatoms. The number of amides is 1. The molecule has 33 heavy (non-hydrogen) atoms. The number of rotatable bonds is 7. The number of nitrogens with zero attached hydrogens (tertiary/aromatic N) is 1. The number of nitrogens with one attached hydrogen (secondary N) is 1. The molecule has 1 aliphatic rings. The van der Waals surface area contributed by atoms with Crippen LogP contribution >= 0.6 is 11.6 Å². The van der Waals surface area contributed by atoms with E-state index in [-0.39, 0.29) is 11.7 Å². The van der Waals surface area contributed by atoms with Crippen LogP contribution < -0.4 is 10.1 Å². The van der Waals surface area contributed by atoms with Gasteiger partial charge in [0.2, 0.25) is 10.0 Å². The first-order valence-electron chi connectivity index (χ1n) is 10.4. The standard InChI is InChI=1S/C24H23ClN2O5S/c25-20-10-11-23(32-21-4-2-1-3-5-21)22(16-20)26-24(28)19-8-6-18(7-9-19)17-33(29,30)27-12-14-31-15-13-27/h1-11,16H,12-15,17H2,(H,26,28). The highest BCUT2D eigenvalue weighted by Crippen LogP contribution is 2.32. The minimum atomic E-state index is -3.44. The van der Waals surface area contributed by atoms with Gasteiger partial charge in [-0.3, -0.25) is 4.79 Å². The first kappa shape index (κ1) is 23.3. The van der Waals surface area contributed by atoms with Crippen molar-refractivity contribution >= 4 is 33.2 Å². The Morgan fingerprint density at radius 2 is 1.70 bits per heavy atom. The Labute approximate surface area is 197 Å². The van der Waals surface area contributed by atoms with Crippen LogP contribution in [0.2, 0.25) is 5.02 Å². The molecule has 4 rings (SSSR count). The van der Waals surface area contributed by atoms with E-state index < -0.39 is 10.0 Å². The third kappa shape index (κ3) is 6.11. The Kier molecular flexibility index (Phi) is 7.29. The highest BCUT2D eigenvalue weighted by molar-refractivity contribution is 7.88. The fourth-order valence-corrected chi connectivity index (χ4v) is 5.05. The zero-order valence-electron chi connectivity index (χ0n) is 17.7. The first-order valence-corrected chi connectivity index (χ1v) is 12.4. The molecule has 3 aromatic carbocycles. The maximum Gasteiger partial charge on any atom is 0.255 e. The van der Waals surface area contributed by atoms with Crippen molar-refractivity contribution in [2.24, 2.45) is 0 Å². The van der Waals surface area contributed by atoms with Crippen LogP contribution in [0.15, 0.2) is 72.8 Å². The zero-order valence-corrected chi connectivity index (χ0v) is 19.3. The van der Waals surface area contributed by atoms with Gasteiger partial charge in [0, 0.05) is 23.7 Å². The molecule has 1 amide bonds. The van der Waals surface area contributed by atoms with Crippen LogP contribution in [0.3, 0.4) is 0 Å². The van der Waals surface area contributed by atoms with Crippen molar-refractivity contribution in [1.82, 2.24) is 4.31 Å². The van der Waals surface area contributed by atoms with E-state index >= 15 is 0 Å². The van der Waals surface area contributed by atoms with E-state index in [0.29, 0.717) is 59.6 Å². The maximum atomic E-state index is 12.8. The van der Waals surface area contributed by atoms with Crippen molar-refractivity contribution in [3.63, 3.8) is 0 Å². The van der Waals surface area contributed by atoms with Gasteiger partial charge in [-0.2, -0.15) is 4.31 Å². The van der Waals surface area contributed by atoms with E-state index in [2.05, 4.69) is 5.32 Å². The summed E-state index contributed by atoms with van der Waals surface area (Å²) in [5, 5.41) is 3.27. The summed E-state index contributed by atoms with van der Waals surface area (Å²) in [6.07, 6.45) is 0. The van der Waals surface area contributed by atoms with Crippen LogP contribution in [-0.4, -0.2) is 44.9 Å². The molecule has 1 heterocycles. The molecular weight excluding hydrogens is 464 g/mol. The smallest absolute Gasteiger partial charge is 0.255 e. The Balaban J connectivity index is 1.45. The summed E-state index contributed by atoms with van der Waals surface area (Å²) < 4.78 is 37.7. The summed E-state index contributed by atoms with van der Waals surface area (Å²) in [5.74, 6) is 0.587. The van der Waals surface area contributed by atoms with Crippen molar-refractivity contribution in [2.45, 2.75) is 5.75 Å². The molecule has 0 aliphatic carbocycles. The van der Waals surface area contributed by atoms with Gasteiger partial charge in [-0.15, -0.1) is 0 Å². The Morgan fingerprint density at radius 3 is 2.39 bits per heavy atom. The number of halogens is 1. The number of sulfonamides is 1. The van der Waals surface area contributed by atoms with E-state index in [1.165, 1.54) is 4.31 Å². The highest BCUT2D eigenvalue weighted by atomic mass is 35.5. The summed E-state index contributed by atoms with van der Waals surface area (Å²) in [6.45, 7) is 1.52. The number of hydrogen-bond donors (Lipinski definition) is 1. The molecule has 7 nitrogen and oxygen atoms in total. The van der Waals surface area contributed by atoms with Gasteiger partial charge < -0.3 is 14.8 Å².